The van der Waals surface area contributed by atoms with Crippen LogP contribution in [-0.2, 0) is 19.6 Å². The van der Waals surface area contributed by atoms with Gasteiger partial charge in [-0.1, -0.05) is 0 Å². The first-order valence-corrected chi connectivity index (χ1v) is 9.16. The van der Waals surface area contributed by atoms with Gasteiger partial charge in [0.15, 0.2) is 0 Å². The molecule has 0 radical (unpaired) electrons. The van der Waals surface area contributed by atoms with Crippen molar-refractivity contribution in [3.63, 3.8) is 0 Å². The second-order valence-electron chi connectivity index (χ2n) is 5.84. The molecule has 24 heavy (non-hydrogen) atoms. The van der Waals surface area contributed by atoms with Crippen LogP contribution < -0.4 is 5.32 Å². The van der Waals surface area contributed by atoms with Gasteiger partial charge in [0.2, 0.25) is 21.8 Å². The van der Waals surface area contributed by atoms with Crippen molar-refractivity contribution in [3.8, 4) is 0 Å². The van der Waals surface area contributed by atoms with E-state index in [1.165, 1.54) is 16.4 Å². The number of nitrogens with one attached hydrogen (secondary N) is 1. The lowest BCUT2D eigenvalue weighted by molar-refractivity contribution is -0.135. The Bertz CT molecular complexity index is 742. The number of hydrogen-bond donors (Lipinski definition) is 1. The van der Waals surface area contributed by atoms with Crippen LogP contribution in [0, 0.1) is 5.82 Å². The Hall–Kier alpha value is -2.00. The molecule has 2 fully saturated rings. The molecule has 0 bridgehead atoms. The van der Waals surface area contributed by atoms with Crippen LogP contribution in [-0.4, -0.2) is 61.7 Å². The number of sulfonamides is 1. The van der Waals surface area contributed by atoms with Crippen molar-refractivity contribution in [2.24, 2.45) is 0 Å². The zero-order chi connectivity index (χ0) is 17.3. The second-order valence-corrected chi connectivity index (χ2v) is 7.78. The minimum absolute atomic E-state index is 0.0340. The Balaban J connectivity index is 1.63. The Morgan fingerprint density at radius 2 is 1.75 bits per heavy atom. The molecule has 1 aromatic carbocycles. The molecule has 1 unspecified atom stereocenters. The quantitative estimate of drug-likeness (QED) is 0.823. The third kappa shape index (κ3) is 3.27. The first-order chi connectivity index (χ1) is 11.4. The van der Waals surface area contributed by atoms with E-state index in [1.54, 1.807) is 4.90 Å². The maximum atomic E-state index is 13.0. The Kier molecular flexibility index (Phi) is 4.55. The van der Waals surface area contributed by atoms with Gasteiger partial charge in [-0.05, 0) is 30.7 Å². The predicted molar refractivity (Wildman–Crippen MR) is 82.9 cm³/mol. The average Bonchev–Trinajstić information content (AvgIpc) is 3.01. The van der Waals surface area contributed by atoms with Crippen LogP contribution >= 0.6 is 0 Å². The molecular weight excluding hydrogens is 337 g/mol. The molecule has 2 aliphatic heterocycles. The van der Waals surface area contributed by atoms with Crippen LogP contribution in [0.1, 0.15) is 12.8 Å². The first kappa shape index (κ1) is 16.8. The van der Waals surface area contributed by atoms with Gasteiger partial charge in [-0.2, -0.15) is 4.31 Å². The third-order valence-corrected chi connectivity index (χ3v) is 6.21. The van der Waals surface area contributed by atoms with E-state index in [1.807, 2.05) is 0 Å². The van der Waals surface area contributed by atoms with Gasteiger partial charge in [0.1, 0.15) is 11.9 Å². The van der Waals surface area contributed by atoms with Gasteiger partial charge in [0.25, 0.3) is 0 Å². The summed E-state index contributed by atoms with van der Waals surface area (Å²) in [5.41, 5.74) is 0. The zero-order valence-corrected chi connectivity index (χ0v) is 13.8. The predicted octanol–water partition coefficient (Wildman–Crippen LogP) is -0.0628. The lowest BCUT2D eigenvalue weighted by atomic mass is 10.2. The smallest absolute Gasteiger partial charge is 0.245 e. The molecule has 9 heteroatoms. The number of carbonyl (C=O) groups is 2. The Labute approximate surface area is 139 Å². The summed E-state index contributed by atoms with van der Waals surface area (Å²) >= 11 is 0. The SMILES string of the molecule is O=C1CCC(C(=O)N2CCN(S(=O)(=O)c3ccc(F)cc3)CC2)N1. The minimum Gasteiger partial charge on any atom is -0.344 e. The normalized spacial score (nSPS) is 22.5. The van der Waals surface area contributed by atoms with E-state index in [2.05, 4.69) is 5.32 Å². The number of carbonyl (C=O) groups excluding carboxylic acids is 2. The van der Waals surface area contributed by atoms with E-state index >= 15 is 0 Å². The fourth-order valence-corrected chi connectivity index (χ4v) is 4.35. The highest BCUT2D eigenvalue weighted by molar-refractivity contribution is 7.89. The number of piperazine rings is 1. The highest BCUT2D eigenvalue weighted by Crippen LogP contribution is 2.19. The average molecular weight is 355 g/mol. The molecule has 2 heterocycles. The van der Waals surface area contributed by atoms with Crippen LogP contribution in [0.4, 0.5) is 4.39 Å². The number of nitrogens with zero attached hydrogens (tertiary/aromatic N) is 2. The van der Waals surface area contributed by atoms with Crippen molar-refractivity contribution < 1.29 is 22.4 Å². The highest BCUT2D eigenvalue weighted by Gasteiger charge is 2.34. The number of halogens is 1. The van der Waals surface area contributed by atoms with Crippen molar-refractivity contribution in [3.05, 3.63) is 30.1 Å². The van der Waals surface area contributed by atoms with E-state index in [4.69, 9.17) is 0 Å². The summed E-state index contributed by atoms with van der Waals surface area (Å²) in [6.45, 7) is 0.884. The summed E-state index contributed by atoms with van der Waals surface area (Å²) in [6.07, 6.45) is 0.821. The van der Waals surface area contributed by atoms with Gasteiger partial charge in [-0.15, -0.1) is 0 Å². The van der Waals surface area contributed by atoms with Crippen LogP contribution in [0.5, 0.6) is 0 Å². The molecule has 3 rings (SSSR count). The molecule has 130 valence electrons. The number of benzene rings is 1. The van der Waals surface area contributed by atoms with Crippen molar-refractivity contribution >= 4 is 21.8 Å². The van der Waals surface area contributed by atoms with Crippen molar-refractivity contribution in [2.45, 2.75) is 23.8 Å². The first-order valence-electron chi connectivity index (χ1n) is 7.72. The summed E-state index contributed by atoms with van der Waals surface area (Å²) < 4.78 is 39.3. The van der Waals surface area contributed by atoms with Gasteiger partial charge in [-0.25, -0.2) is 12.8 Å². The van der Waals surface area contributed by atoms with Crippen LogP contribution in [0.2, 0.25) is 0 Å². The molecule has 7 nitrogen and oxygen atoms in total. The molecule has 2 aliphatic rings. The molecule has 0 saturated carbocycles. The van der Waals surface area contributed by atoms with Gasteiger partial charge in [0.05, 0.1) is 4.90 Å². The van der Waals surface area contributed by atoms with Crippen molar-refractivity contribution in [1.82, 2.24) is 14.5 Å². The lowest BCUT2D eigenvalue weighted by Gasteiger charge is -2.35. The fourth-order valence-electron chi connectivity index (χ4n) is 2.92. The highest BCUT2D eigenvalue weighted by atomic mass is 32.2. The largest absolute Gasteiger partial charge is 0.344 e. The zero-order valence-electron chi connectivity index (χ0n) is 12.9. The maximum absolute atomic E-state index is 13.0. The van der Waals surface area contributed by atoms with E-state index < -0.39 is 21.9 Å². The van der Waals surface area contributed by atoms with E-state index in [9.17, 15) is 22.4 Å². The number of rotatable bonds is 3. The van der Waals surface area contributed by atoms with E-state index in [0.717, 1.165) is 12.1 Å². The van der Waals surface area contributed by atoms with Gasteiger partial charge >= 0.3 is 0 Å². The topological polar surface area (TPSA) is 86.8 Å². The molecule has 0 spiro atoms. The standard InChI is InChI=1S/C15H18FN3O4S/c16-11-1-3-12(4-2-11)24(22,23)19-9-7-18(8-10-19)15(21)13-5-6-14(20)17-13/h1-4,13H,5-10H2,(H,17,20). The molecule has 1 atom stereocenters. The monoisotopic (exact) mass is 355 g/mol. The van der Waals surface area contributed by atoms with Gasteiger partial charge in [0, 0.05) is 32.6 Å². The Morgan fingerprint density at radius 1 is 1.12 bits per heavy atom. The summed E-state index contributed by atoms with van der Waals surface area (Å²) in [6, 6.07) is 4.18. The molecule has 0 aromatic heterocycles. The van der Waals surface area contributed by atoms with Crippen molar-refractivity contribution in [1.29, 1.82) is 0 Å². The van der Waals surface area contributed by atoms with Crippen molar-refractivity contribution in [2.75, 3.05) is 26.2 Å². The van der Waals surface area contributed by atoms with Crippen LogP contribution in [0.3, 0.4) is 0 Å². The molecular formula is C15H18FN3O4S. The molecule has 0 aliphatic carbocycles. The summed E-state index contributed by atoms with van der Waals surface area (Å²) in [5.74, 6) is -0.798. The number of amides is 2. The summed E-state index contributed by atoms with van der Waals surface area (Å²) in [7, 11) is -3.70. The molecule has 2 saturated heterocycles. The Morgan fingerprint density at radius 3 is 2.29 bits per heavy atom. The third-order valence-electron chi connectivity index (χ3n) is 4.30. The minimum atomic E-state index is -3.70. The van der Waals surface area contributed by atoms with Gasteiger partial charge < -0.3 is 10.2 Å². The summed E-state index contributed by atoms with van der Waals surface area (Å²) in [5, 5.41) is 2.63. The maximum Gasteiger partial charge on any atom is 0.245 e. The summed E-state index contributed by atoms with van der Waals surface area (Å²) in [4.78, 5) is 25.1. The van der Waals surface area contributed by atoms with E-state index in [0.29, 0.717) is 12.8 Å². The molecule has 1 aromatic rings. The van der Waals surface area contributed by atoms with Gasteiger partial charge in [-0.3, -0.25) is 9.59 Å². The second kappa shape index (κ2) is 6.48. The van der Waals surface area contributed by atoms with Crippen LogP contribution in [0.15, 0.2) is 29.2 Å². The number of hydrogen-bond acceptors (Lipinski definition) is 4. The fraction of sp³-hybridized carbons (Fsp3) is 0.467. The van der Waals surface area contributed by atoms with Crippen LogP contribution in [0.25, 0.3) is 0 Å². The molecule has 1 N–H and O–H groups in total. The molecule has 2 amide bonds. The van der Waals surface area contributed by atoms with E-state index in [-0.39, 0.29) is 42.9 Å². The lowest BCUT2D eigenvalue weighted by Crippen LogP contribution is -2.54.